The minimum atomic E-state index is -0.607. The summed E-state index contributed by atoms with van der Waals surface area (Å²) in [6.45, 7) is 1.89. The maximum absolute atomic E-state index is 11.5. The Labute approximate surface area is 117 Å². The van der Waals surface area contributed by atoms with Gasteiger partial charge in [0.15, 0.2) is 0 Å². The van der Waals surface area contributed by atoms with Gasteiger partial charge in [-0.3, -0.25) is 4.79 Å². The lowest BCUT2D eigenvalue weighted by Gasteiger charge is -2.14. The molecular formula is C12H12BrN3OS. The van der Waals surface area contributed by atoms with Gasteiger partial charge in [-0.1, -0.05) is 22.0 Å². The van der Waals surface area contributed by atoms with Crippen LogP contribution in [0.1, 0.15) is 16.7 Å². The molecule has 0 fully saturated rings. The van der Waals surface area contributed by atoms with Crippen molar-refractivity contribution < 1.29 is 4.79 Å². The molecular weight excluding hydrogens is 314 g/mol. The van der Waals surface area contributed by atoms with E-state index < -0.39 is 11.9 Å². The number of benzene rings is 1. The Morgan fingerprint density at radius 1 is 1.56 bits per heavy atom. The highest BCUT2D eigenvalue weighted by Gasteiger charge is 2.20. The lowest BCUT2D eigenvalue weighted by molar-refractivity contribution is -0.118. The number of aryl methyl sites for hydroxylation is 1. The monoisotopic (exact) mass is 325 g/mol. The molecule has 1 heterocycles. The number of carbonyl (C=O) groups excluding carboxylic acids is 1. The number of nitrogens with one attached hydrogen (secondary N) is 1. The quantitative estimate of drug-likeness (QED) is 0.908. The van der Waals surface area contributed by atoms with Gasteiger partial charge in [-0.2, -0.15) is 0 Å². The van der Waals surface area contributed by atoms with E-state index in [2.05, 4.69) is 26.2 Å². The maximum atomic E-state index is 11.5. The van der Waals surface area contributed by atoms with E-state index in [1.165, 1.54) is 11.3 Å². The summed E-state index contributed by atoms with van der Waals surface area (Å²) in [6, 6.07) is 6.95. The number of aromatic nitrogens is 1. The van der Waals surface area contributed by atoms with Crippen LogP contribution in [0, 0.1) is 6.92 Å². The Kier molecular flexibility index (Phi) is 3.98. The molecule has 0 spiro atoms. The van der Waals surface area contributed by atoms with Crippen LogP contribution in [-0.4, -0.2) is 10.9 Å². The van der Waals surface area contributed by atoms with Gasteiger partial charge in [0.25, 0.3) is 0 Å². The fourth-order valence-electron chi connectivity index (χ4n) is 1.55. The van der Waals surface area contributed by atoms with Crippen LogP contribution in [0.15, 0.2) is 34.1 Å². The van der Waals surface area contributed by atoms with Crippen molar-refractivity contribution in [3.8, 4) is 0 Å². The van der Waals surface area contributed by atoms with Crippen LogP contribution in [0.2, 0.25) is 0 Å². The van der Waals surface area contributed by atoms with E-state index in [1.54, 1.807) is 0 Å². The zero-order valence-corrected chi connectivity index (χ0v) is 12.1. The first kappa shape index (κ1) is 13.0. The molecule has 0 aliphatic carbocycles. The first-order valence-corrected chi connectivity index (χ1v) is 6.97. The maximum Gasteiger partial charge on any atom is 0.246 e. The molecule has 94 valence electrons. The van der Waals surface area contributed by atoms with Gasteiger partial charge in [-0.25, -0.2) is 4.98 Å². The highest BCUT2D eigenvalue weighted by molar-refractivity contribution is 9.10. The molecule has 0 radical (unpaired) electrons. The highest BCUT2D eigenvalue weighted by Crippen LogP contribution is 2.23. The first-order valence-electron chi connectivity index (χ1n) is 5.29. The zero-order valence-electron chi connectivity index (χ0n) is 9.68. The minimum absolute atomic E-state index is 0.444. The molecule has 0 bridgehead atoms. The molecule has 3 N–H and O–H groups in total. The third-order valence-corrected chi connectivity index (χ3v) is 3.64. The summed E-state index contributed by atoms with van der Waals surface area (Å²) in [7, 11) is 0. The van der Waals surface area contributed by atoms with Gasteiger partial charge < -0.3 is 11.1 Å². The molecule has 2 aromatic rings. The highest BCUT2D eigenvalue weighted by atomic mass is 79.9. The number of rotatable bonds is 4. The number of carbonyl (C=O) groups is 1. The number of hydrogen-bond acceptors (Lipinski definition) is 4. The van der Waals surface area contributed by atoms with E-state index in [0.717, 1.165) is 15.2 Å². The fourth-order valence-corrected chi connectivity index (χ4v) is 2.59. The molecule has 1 amide bonds. The van der Waals surface area contributed by atoms with Gasteiger partial charge in [0.1, 0.15) is 6.04 Å². The molecule has 0 saturated carbocycles. The molecule has 1 unspecified atom stereocenters. The molecule has 0 aliphatic rings. The summed E-state index contributed by atoms with van der Waals surface area (Å²) in [5.74, 6) is -0.444. The van der Waals surface area contributed by atoms with Gasteiger partial charge in [0.05, 0.1) is 10.7 Å². The van der Waals surface area contributed by atoms with Crippen molar-refractivity contribution in [2.75, 3.05) is 5.32 Å². The molecule has 4 nitrogen and oxygen atoms in total. The van der Waals surface area contributed by atoms with Crippen molar-refractivity contribution in [1.82, 2.24) is 4.98 Å². The van der Waals surface area contributed by atoms with Gasteiger partial charge in [-0.15, -0.1) is 11.3 Å². The number of nitrogens with two attached hydrogens (primary N) is 1. The van der Waals surface area contributed by atoms with E-state index in [1.807, 2.05) is 36.6 Å². The third kappa shape index (κ3) is 3.08. The van der Waals surface area contributed by atoms with Crippen LogP contribution >= 0.6 is 27.3 Å². The van der Waals surface area contributed by atoms with Gasteiger partial charge in [0.2, 0.25) is 5.91 Å². The van der Waals surface area contributed by atoms with Crippen molar-refractivity contribution in [3.63, 3.8) is 0 Å². The summed E-state index contributed by atoms with van der Waals surface area (Å²) in [5.41, 5.74) is 6.89. The normalized spacial score (nSPS) is 12.1. The number of halogens is 1. The number of nitrogens with zero attached hydrogens (tertiary/aromatic N) is 1. The number of primary amides is 1. The molecule has 18 heavy (non-hydrogen) atoms. The molecule has 1 aromatic heterocycles. The number of hydrogen-bond donors (Lipinski definition) is 2. The molecule has 1 aromatic carbocycles. The van der Waals surface area contributed by atoms with Crippen LogP contribution in [0.4, 0.5) is 5.69 Å². The Morgan fingerprint density at radius 3 is 2.89 bits per heavy atom. The molecule has 2 rings (SSSR count). The van der Waals surface area contributed by atoms with Crippen LogP contribution in [0.5, 0.6) is 0 Å². The second-order valence-corrected chi connectivity index (χ2v) is 5.76. The smallest absolute Gasteiger partial charge is 0.246 e. The van der Waals surface area contributed by atoms with Crippen LogP contribution in [-0.2, 0) is 4.79 Å². The van der Waals surface area contributed by atoms with E-state index in [-0.39, 0.29) is 0 Å². The number of thiazole rings is 1. The van der Waals surface area contributed by atoms with Crippen LogP contribution in [0.25, 0.3) is 0 Å². The summed E-state index contributed by atoms with van der Waals surface area (Å²) < 4.78 is 0.935. The lowest BCUT2D eigenvalue weighted by atomic mass is 10.2. The second-order valence-electron chi connectivity index (χ2n) is 3.78. The van der Waals surface area contributed by atoms with E-state index in [4.69, 9.17) is 5.73 Å². The second kappa shape index (κ2) is 5.49. The topological polar surface area (TPSA) is 68.0 Å². The number of amides is 1. The summed E-state index contributed by atoms with van der Waals surface area (Å²) >= 11 is 4.88. The minimum Gasteiger partial charge on any atom is -0.369 e. The Morgan fingerprint density at radius 2 is 2.33 bits per heavy atom. The molecule has 0 aliphatic heterocycles. The Balaban J connectivity index is 2.24. The van der Waals surface area contributed by atoms with Gasteiger partial charge >= 0.3 is 0 Å². The SMILES string of the molecule is Cc1nc(C(Nc2cccc(Br)c2)C(N)=O)cs1. The zero-order chi connectivity index (χ0) is 13.1. The lowest BCUT2D eigenvalue weighted by Crippen LogP contribution is -2.28. The van der Waals surface area contributed by atoms with E-state index in [9.17, 15) is 4.79 Å². The van der Waals surface area contributed by atoms with Crippen molar-refractivity contribution in [1.29, 1.82) is 0 Å². The van der Waals surface area contributed by atoms with Gasteiger partial charge in [-0.05, 0) is 25.1 Å². The Hall–Kier alpha value is -1.40. The third-order valence-electron chi connectivity index (χ3n) is 2.35. The average molecular weight is 326 g/mol. The average Bonchev–Trinajstić information content (AvgIpc) is 2.72. The van der Waals surface area contributed by atoms with E-state index >= 15 is 0 Å². The molecule has 1 atom stereocenters. The predicted molar refractivity (Wildman–Crippen MR) is 76.6 cm³/mol. The standard InChI is InChI=1S/C12H12BrN3OS/c1-7-15-10(6-18-7)11(12(14)17)16-9-4-2-3-8(13)5-9/h2-6,11,16H,1H3,(H2,14,17). The van der Waals surface area contributed by atoms with E-state index in [0.29, 0.717) is 5.69 Å². The molecule has 0 saturated heterocycles. The number of anilines is 1. The van der Waals surface area contributed by atoms with Crippen molar-refractivity contribution >= 4 is 38.9 Å². The first-order chi connectivity index (χ1) is 8.56. The summed E-state index contributed by atoms with van der Waals surface area (Å²) in [4.78, 5) is 15.8. The largest absolute Gasteiger partial charge is 0.369 e. The van der Waals surface area contributed by atoms with Crippen molar-refractivity contribution in [3.05, 3.63) is 44.8 Å². The van der Waals surface area contributed by atoms with Crippen molar-refractivity contribution in [2.24, 2.45) is 5.73 Å². The van der Waals surface area contributed by atoms with Crippen LogP contribution < -0.4 is 11.1 Å². The van der Waals surface area contributed by atoms with Crippen molar-refractivity contribution in [2.45, 2.75) is 13.0 Å². The molecule has 6 heteroatoms. The summed E-state index contributed by atoms with van der Waals surface area (Å²) in [5, 5.41) is 5.84. The Bertz CT molecular complexity index is 570. The summed E-state index contributed by atoms with van der Waals surface area (Å²) in [6.07, 6.45) is 0. The fraction of sp³-hybridized carbons (Fsp3) is 0.167. The van der Waals surface area contributed by atoms with Gasteiger partial charge in [0, 0.05) is 15.5 Å². The predicted octanol–water partition coefficient (Wildman–Crippen LogP) is 2.85. The van der Waals surface area contributed by atoms with Crippen LogP contribution in [0.3, 0.4) is 0 Å².